The third-order valence-electron chi connectivity index (χ3n) is 2.78. The summed E-state index contributed by atoms with van der Waals surface area (Å²) >= 11 is 6.15. The van der Waals surface area contributed by atoms with E-state index in [1.165, 1.54) is 0 Å². The molecule has 0 bridgehead atoms. The van der Waals surface area contributed by atoms with Crippen molar-refractivity contribution in [1.29, 1.82) is 0 Å². The highest BCUT2D eigenvalue weighted by Crippen LogP contribution is 2.29. The number of nitrogens with one attached hydrogen (secondary N) is 2. The molecule has 1 heterocycles. The Hall–Kier alpha value is -1.46. The van der Waals surface area contributed by atoms with Gasteiger partial charge in [-0.3, -0.25) is 0 Å². The zero-order chi connectivity index (χ0) is 13.7. The number of rotatable bonds is 6. The van der Waals surface area contributed by atoms with Crippen molar-refractivity contribution < 1.29 is 14.3 Å². The van der Waals surface area contributed by atoms with Crippen molar-refractivity contribution in [1.82, 2.24) is 10.6 Å². The van der Waals surface area contributed by atoms with E-state index in [0.717, 1.165) is 12.1 Å². The largest absolute Gasteiger partial charge is 0.488 e. The number of hydrogen-bond acceptors (Lipinski definition) is 4. The van der Waals surface area contributed by atoms with E-state index < -0.39 is 6.09 Å². The molecule has 1 aromatic carbocycles. The van der Waals surface area contributed by atoms with Crippen molar-refractivity contribution >= 4 is 17.7 Å². The van der Waals surface area contributed by atoms with Gasteiger partial charge in [0, 0.05) is 12.1 Å². The van der Waals surface area contributed by atoms with E-state index in [9.17, 15) is 4.79 Å². The van der Waals surface area contributed by atoms with Crippen molar-refractivity contribution in [3.05, 3.63) is 28.8 Å². The lowest BCUT2D eigenvalue weighted by Gasteiger charge is -2.15. The molecule has 0 aliphatic carbocycles. The molecule has 1 fully saturated rings. The van der Waals surface area contributed by atoms with Crippen LogP contribution in [0, 0.1) is 0 Å². The van der Waals surface area contributed by atoms with Gasteiger partial charge >= 0.3 is 6.09 Å². The summed E-state index contributed by atoms with van der Waals surface area (Å²) in [5.74, 6) is 0.646. The predicted molar refractivity (Wildman–Crippen MR) is 72.6 cm³/mol. The molecule has 0 saturated carbocycles. The fraction of sp³-hybridized carbons (Fsp3) is 0.462. The van der Waals surface area contributed by atoms with Crippen LogP contribution in [0.15, 0.2) is 18.2 Å². The van der Waals surface area contributed by atoms with E-state index in [1.807, 2.05) is 19.1 Å². The van der Waals surface area contributed by atoms with E-state index in [4.69, 9.17) is 21.1 Å². The van der Waals surface area contributed by atoms with E-state index in [-0.39, 0.29) is 6.10 Å². The van der Waals surface area contributed by atoms with Crippen LogP contribution in [0.4, 0.5) is 4.79 Å². The maximum atomic E-state index is 10.9. The van der Waals surface area contributed by atoms with Crippen molar-refractivity contribution in [3.63, 3.8) is 0 Å². The highest BCUT2D eigenvalue weighted by atomic mass is 35.5. The normalized spacial score (nSPS) is 18.0. The lowest BCUT2D eigenvalue weighted by Crippen LogP contribution is -2.23. The minimum atomic E-state index is -0.402. The Kier molecular flexibility index (Phi) is 4.87. The first-order chi connectivity index (χ1) is 9.20. The van der Waals surface area contributed by atoms with Crippen molar-refractivity contribution in [3.8, 4) is 5.75 Å². The summed E-state index contributed by atoms with van der Waals surface area (Å²) in [7, 11) is 0. The molecule has 5 nitrogen and oxygen atoms in total. The number of alkyl carbamates (subject to hydrolysis) is 1. The maximum Gasteiger partial charge on any atom is 0.407 e. The second-order valence-electron chi connectivity index (χ2n) is 4.23. The topological polar surface area (TPSA) is 59.6 Å². The molecule has 1 amide bonds. The molecule has 0 radical (unpaired) electrons. The van der Waals surface area contributed by atoms with Crippen molar-refractivity contribution in [2.75, 3.05) is 19.7 Å². The molecule has 0 spiro atoms. The summed E-state index contributed by atoms with van der Waals surface area (Å²) in [5.41, 5.74) is 0.992. The molecule has 19 heavy (non-hydrogen) atoms. The molecule has 1 atom stereocenters. The number of ether oxygens (including phenoxy) is 2. The number of hydrogen-bond donors (Lipinski definition) is 2. The van der Waals surface area contributed by atoms with Gasteiger partial charge in [0.2, 0.25) is 0 Å². The first kappa shape index (κ1) is 14.0. The molecule has 1 aromatic rings. The van der Waals surface area contributed by atoms with E-state index in [1.54, 1.807) is 6.07 Å². The van der Waals surface area contributed by atoms with Crippen molar-refractivity contribution in [2.24, 2.45) is 0 Å². The van der Waals surface area contributed by atoms with Crippen LogP contribution < -0.4 is 15.4 Å². The summed E-state index contributed by atoms with van der Waals surface area (Å²) < 4.78 is 10.7. The SMILES string of the molecule is CCNCc1cccc(Cl)c1OCC1CNC(=O)O1. The summed E-state index contributed by atoms with van der Waals surface area (Å²) in [6, 6.07) is 5.63. The van der Waals surface area contributed by atoms with Gasteiger partial charge in [-0.1, -0.05) is 30.7 Å². The van der Waals surface area contributed by atoms with Crippen LogP contribution in [0.5, 0.6) is 5.75 Å². The van der Waals surface area contributed by atoms with E-state index in [2.05, 4.69) is 10.6 Å². The van der Waals surface area contributed by atoms with Gasteiger partial charge in [0.15, 0.2) is 6.10 Å². The molecule has 2 N–H and O–H groups in total. The molecule has 1 saturated heterocycles. The van der Waals surface area contributed by atoms with Gasteiger partial charge in [0.05, 0.1) is 11.6 Å². The quantitative estimate of drug-likeness (QED) is 0.838. The zero-order valence-electron chi connectivity index (χ0n) is 10.7. The molecule has 0 aromatic heterocycles. The van der Waals surface area contributed by atoms with Gasteiger partial charge in [-0.15, -0.1) is 0 Å². The van der Waals surface area contributed by atoms with Gasteiger partial charge in [0.25, 0.3) is 0 Å². The van der Waals surface area contributed by atoms with Gasteiger partial charge in [0.1, 0.15) is 12.4 Å². The third-order valence-corrected chi connectivity index (χ3v) is 3.07. The molecule has 104 valence electrons. The first-order valence-corrected chi connectivity index (χ1v) is 6.64. The minimum absolute atomic E-state index is 0.268. The Morgan fingerprint density at radius 2 is 2.42 bits per heavy atom. The average Bonchev–Trinajstić information content (AvgIpc) is 2.81. The van der Waals surface area contributed by atoms with Crippen LogP contribution in [-0.2, 0) is 11.3 Å². The number of benzene rings is 1. The predicted octanol–water partition coefficient (Wildman–Crippen LogP) is 1.94. The minimum Gasteiger partial charge on any atom is -0.488 e. The second kappa shape index (κ2) is 6.63. The summed E-state index contributed by atoms with van der Waals surface area (Å²) in [5, 5.41) is 6.38. The lowest BCUT2D eigenvalue weighted by molar-refractivity contribution is 0.104. The van der Waals surface area contributed by atoms with Crippen LogP contribution in [0.1, 0.15) is 12.5 Å². The van der Waals surface area contributed by atoms with Crippen LogP contribution in [-0.4, -0.2) is 31.9 Å². The van der Waals surface area contributed by atoms with E-state index >= 15 is 0 Å². The van der Waals surface area contributed by atoms with Crippen molar-refractivity contribution in [2.45, 2.75) is 19.6 Å². The molecular weight excluding hydrogens is 268 g/mol. The summed E-state index contributed by atoms with van der Waals surface area (Å²) in [6.45, 7) is 4.35. The number of cyclic esters (lactones) is 1. The van der Waals surface area contributed by atoms with Crippen LogP contribution in [0.2, 0.25) is 5.02 Å². The molecule has 2 rings (SSSR count). The molecule has 1 unspecified atom stereocenters. The van der Waals surface area contributed by atoms with Crippen LogP contribution in [0.25, 0.3) is 0 Å². The number of halogens is 1. The fourth-order valence-corrected chi connectivity index (χ4v) is 2.06. The smallest absolute Gasteiger partial charge is 0.407 e. The average molecular weight is 285 g/mol. The fourth-order valence-electron chi connectivity index (χ4n) is 1.82. The van der Waals surface area contributed by atoms with Gasteiger partial charge in [-0.05, 0) is 12.6 Å². The maximum absolute atomic E-state index is 10.9. The Balaban J connectivity index is 1.99. The highest BCUT2D eigenvalue weighted by molar-refractivity contribution is 6.32. The monoisotopic (exact) mass is 284 g/mol. The highest BCUT2D eigenvalue weighted by Gasteiger charge is 2.23. The Morgan fingerprint density at radius 3 is 3.11 bits per heavy atom. The summed E-state index contributed by atoms with van der Waals surface area (Å²) in [6.07, 6.45) is -0.670. The number of para-hydroxylation sites is 1. The van der Waals surface area contributed by atoms with Gasteiger partial charge < -0.3 is 20.1 Å². The molecular formula is C13H17ClN2O3. The number of carbonyl (C=O) groups is 1. The molecule has 1 aliphatic rings. The summed E-state index contributed by atoms with van der Waals surface area (Å²) in [4.78, 5) is 10.9. The third kappa shape index (κ3) is 3.75. The number of amides is 1. The molecule has 6 heteroatoms. The second-order valence-corrected chi connectivity index (χ2v) is 4.63. The Labute approximate surface area is 117 Å². The Bertz CT molecular complexity index is 454. The first-order valence-electron chi connectivity index (χ1n) is 6.26. The lowest BCUT2D eigenvalue weighted by atomic mass is 10.2. The van der Waals surface area contributed by atoms with Crippen LogP contribution in [0.3, 0.4) is 0 Å². The standard InChI is InChI=1S/C13H17ClN2O3/c1-2-15-6-9-4-3-5-11(14)12(9)18-8-10-7-16-13(17)19-10/h3-5,10,15H,2,6-8H2,1H3,(H,16,17). The van der Waals surface area contributed by atoms with Gasteiger partial charge in [-0.2, -0.15) is 0 Å². The number of carbonyl (C=O) groups excluding carboxylic acids is 1. The van der Waals surface area contributed by atoms with Gasteiger partial charge in [-0.25, -0.2) is 4.79 Å². The molecule has 1 aliphatic heterocycles. The van der Waals surface area contributed by atoms with Crippen LogP contribution >= 0.6 is 11.6 Å². The van der Waals surface area contributed by atoms with E-state index in [0.29, 0.717) is 30.5 Å². The Morgan fingerprint density at radius 1 is 1.58 bits per heavy atom. The zero-order valence-corrected chi connectivity index (χ0v) is 11.5.